The van der Waals surface area contributed by atoms with Gasteiger partial charge in [0.25, 0.3) is 0 Å². The van der Waals surface area contributed by atoms with Gasteiger partial charge in [0, 0.05) is 18.8 Å². The lowest BCUT2D eigenvalue weighted by Crippen LogP contribution is -2.45. The molecular weight excluding hydrogens is 266 g/mol. The molecule has 2 aromatic rings. The van der Waals surface area contributed by atoms with Gasteiger partial charge >= 0.3 is 0 Å². The summed E-state index contributed by atoms with van der Waals surface area (Å²) >= 11 is 0. The van der Waals surface area contributed by atoms with E-state index in [0.717, 1.165) is 36.1 Å². The van der Waals surface area contributed by atoms with Crippen molar-refractivity contribution in [3.63, 3.8) is 0 Å². The molecule has 0 aromatic carbocycles. The van der Waals surface area contributed by atoms with Gasteiger partial charge in [0.05, 0.1) is 17.9 Å². The van der Waals surface area contributed by atoms with Crippen LogP contribution in [0.1, 0.15) is 25.2 Å². The molecule has 0 bridgehead atoms. The van der Waals surface area contributed by atoms with Crippen molar-refractivity contribution in [2.24, 2.45) is 0 Å². The van der Waals surface area contributed by atoms with Gasteiger partial charge in [-0.15, -0.1) is 10.2 Å². The van der Waals surface area contributed by atoms with Crippen LogP contribution in [0.2, 0.25) is 0 Å². The summed E-state index contributed by atoms with van der Waals surface area (Å²) in [5.41, 5.74) is 2.04. The van der Waals surface area contributed by atoms with Crippen LogP contribution in [0.3, 0.4) is 0 Å². The highest BCUT2D eigenvalue weighted by Crippen LogP contribution is 2.18. The van der Waals surface area contributed by atoms with Gasteiger partial charge in [-0.2, -0.15) is 5.10 Å². The van der Waals surface area contributed by atoms with Crippen LogP contribution in [0.25, 0.3) is 5.82 Å². The lowest BCUT2D eigenvalue weighted by molar-refractivity contribution is -0.00550. The second kappa shape index (κ2) is 5.44. The monoisotopic (exact) mass is 287 g/mol. The van der Waals surface area contributed by atoms with E-state index in [2.05, 4.69) is 34.0 Å². The number of rotatable bonds is 2. The molecule has 0 aliphatic carbocycles. The van der Waals surface area contributed by atoms with E-state index < -0.39 is 0 Å². The molecule has 1 aliphatic rings. The predicted octanol–water partition coefficient (Wildman–Crippen LogP) is 1.89. The largest absolute Gasteiger partial charge is 0.372 e. The topological polar surface area (TPSA) is 56.1 Å². The minimum Gasteiger partial charge on any atom is -0.372 e. The second-order valence-corrected chi connectivity index (χ2v) is 5.75. The number of aryl methyl sites for hydroxylation is 2. The van der Waals surface area contributed by atoms with Crippen molar-refractivity contribution in [1.82, 2.24) is 20.0 Å². The summed E-state index contributed by atoms with van der Waals surface area (Å²) in [4.78, 5) is 2.22. The van der Waals surface area contributed by atoms with Crippen LogP contribution in [0.4, 0.5) is 5.82 Å². The van der Waals surface area contributed by atoms with Crippen molar-refractivity contribution >= 4 is 5.82 Å². The van der Waals surface area contributed by atoms with Crippen LogP contribution >= 0.6 is 0 Å². The number of hydrogen-bond acceptors (Lipinski definition) is 5. The van der Waals surface area contributed by atoms with Gasteiger partial charge in [-0.3, -0.25) is 0 Å². The van der Waals surface area contributed by atoms with Crippen molar-refractivity contribution in [2.75, 3.05) is 18.0 Å². The number of hydrogen-bond donors (Lipinski definition) is 0. The zero-order chi connectivity index (χ0) is 15.0. The Hall–Kier alpha value is -1.95. The van der Waals surface area contributed by atoms with Gasteiger partial charge in [0.1, 0.15) is 0 Å². The zero-order valence-corrected chi connectivity index (χ0v) is 12.9. The Kier molecular flexibility index (Phi) is 3.63. The van der Waals surface area contributed by atoms with Crippen LogP contribution in [-0.4, -0.2) is 45.3 Å². The van der Waals surface area contributed by atoms with Crippen LogP contribution in [0.15, 0.2) is 18.2 Å². The summed E-state index contributed by atoms with van der Waals surface area (Å²) in [6, 6.07) is 6.00. The third-order valence-corrected chi connectivity index (χ3v) is 3.61. The van der Waals surface area contributed by atoms with E-state index in [0.29, 0.717) is 0 Å². The first-order chi connectivity index (χ1) is 10.0. The Bertz CT molecular complexity index is 611. The first kappa shape index (κ1) is 14.0. The maximum absolute atomic E-state index is 5.75. The van der Waals surface area contributed by atoms with E-state index in [9.17, 15) is 0 Å². The number of ether oxygens (including phenoxy) is 1. The number of aromatic nitrogens is 4. The number of morpholine rings is 1. The molecule has 3 rings (SSSR count). The fourth-order valence-corrected chi connectivity index (χ4v) is 2.83. The lowest BCUT2D eigenvalue weighted by atomic mass is 10.2. The molecule has 2 atom stereocenters. The average molecular weight is 287 g/mol. The van der Waals surface area contributed by atoms with Crippen molar-refractivity contribution in [1.29, 1.82) is 0 Å². The molecule has 0 N–H and O–H groups in total. The molecule has 112 valence electrons. The summed E-state index contributed by atoms with van der Waals surface area (Å²) in [5, 5.41) is 13.1. The maximum Gasteiger partial charge on any atom is 0.176 e. The van der Waals surface area contributed by atoms with E-state index in [4.69, 9.17) is 4.74 Å². The van der Waals surface area contributed by atoms with Gasteiger partial charge in [0.2, 0.25) is 0 Å². The third-order valence-electron chi connectivity index (χ3n) is 3.61. The van der Waals surface area contributed by atoms with E-state index in [-0.39, 0.29) is 12.2 Å². The maximum atomic E-state index is 5.75. The van der Waals surface area contributed by atoms with Crippen molar-refractivity contribution in [2.45, 2.75) is 39.9 Å². The molecule has 1 saturated heterocycles. The summed E-state index contributed by atoms with van der Waals surface area (Å²) < 4.78 is 7.56. The fourth-order valence-electron chi connectivity index (χ4n) is 2.83. The highest BCUT2D eigenvalue weighted by Gasteiger charge is 2.23. The van der Waals surface area contributed by atoms with Crippen molar-refractivity contribution in [3.8, 4) is 5.82 Å². The van der Waals surface area contributed by atoms with E-state index in [1.54, 1.807) is 0 Å². The SMILES string of the molecule is Cc1cc(C)n(-c2ccc(N3CC(C)OC(C)C3)nn2)n1. The van der Waals surface area contributed by atoms with Gasteiger partial charge in [-0.25, -0.2) is 4.68 Å². The summed E-state index contributed by atoms with van der Waals surface area (Å²) in [5.74, 6) is 1.64. The fraction of sp³-hybridized carbons (Fsp3) is 0.533. The summed E-state index contributed by atoms with van der Waals surface area (Å²) in [6.45, 7) is 9.85. The normalized spacial score (nSPS) is 22.6. The molecule has 21 heavy (non-hydrogen) atoms. The standard InChI is InChI=1S/C15H21N5O/c1-10-7-11(2)20(18-10)15-6-5-14(16-17-15)19-8-12(3)21-13(4)9-19/h5-7,12-13H,8-9H2,1-4H3. The average Bonchev–Trinajstić information content (AvgIpc) is 2.77. The summed E-state index contributed by atoms with van der Waals surface area (Å²) in [6.07, 6.45) is 0.428. The number of nitrogens with zero attached hydrogens (tertiary/aromatic N) is 5. The molecule has 1 aliphatic heterocycles. The predicted molar refractivity (Wildman–Crippen MR) is 80.9 cm³/mol. The molecule has 1 fully saturated rings. The minimum atomic E-state index is 0.214. The molecule has 3 heterocycles. The minimum absolute atomic E-state index is 0.214. The molecule has 0 spiro atoms. The van der Waals surface area contributed by atoms with Crippen LogP contribution in [0, 0.1) is 13.8 Å². The smallest absolute Gasteiger partial charge is 0.176 e. The second-order valence-electron chi connectivity index (χ2n) is 5.75. The quantitative estimate of drug-likeness (QED) is 0.844. The molecule has 0 radical (unpaired) electrons. The van der Waals surface area contributed by atoms with Crippen LogP contribution in [0.5, 0.6) is 0 Å². The van der Waals surface area contributed by atoms with Gasteiger partial charge in [-0.1, -0.05) is 0 Å². The molecule has 6 heteroatoms. The van der Waals surface area contributed by atoms with E-state index >= 15 is 0 Å². The molecule has 2 unspecified atom stereocenters. The van der Waals surface area contributed by atoms with Gasteiger partial charge in [-0.05, 0) is 45.9 Å². The van der Waals surface area contributed by atoms with Crippen LogP contribution < -0.4 is 4.90 Å². The van der Waals surface area contributed by atoms with E-state index in [1.165, 1.54) is 0 Å². The van der Waals surface area contributed by atoms with Crippen molar-refractivity contribution < 1.29 is 4.74 Å². The van der Waals surface area contributed by atoms with E-state index in [1.807, 2.05) is 36.7 Å². The molecular formula is C15H21N5O. The Morgan fingerprint density at radius 2 is 1.67 bits per heavy atom. The Morgan fingerprint density at radius 1 is 1.05 bits per heavy atom. The summed E-state index contributed by atoms with van der Waals surface area (Å²) in [7, 11) is 0. The Labute approximate surface area is 124 Å². The molecule has 2 aromatic heterocycles. The van der Waals surface area contributed by atoms with Gasteiger partial charge < -0.3 is 9.64 Å². The first-order valence-electron chi connectivity index (χ1n) is 7.30. The molecule has 6 nitrogen and oxygen atoms in total. The number of anilines is 1. The van der Waals surface area contributed by atoms with Gasteiger partial charge in [0.15, 0.2) is 11.6 Å². The Balaban J connectivity index is 1.82. The first-order valence-corrected chi connectivity index (χ1v) is 7.30. The highest BCUT2D eigenvalue weighted by molar-refractivity contribution is 5.40. The zero-order valence-electron chi connectivity index (χ0n) is 12.9. The molecule has 0 amide bonds. The molecule has 0 saturated carbocycles. The lowest BCUT2D eigenvalue weighted by Gasteiger charge is -2.35. The van der Waals surface area contributed by atoms with Crippen molar-refractivity contribution in [3.05, 3.63) is 29.6 Å². The third kappa shape index (κ3) is 2.90. The van der Waals surface area contributed by atoms with Crippen LogP contribution in [-0.2, 0) is 4.74 Å². The highest BCUT2D eigenvalue weighted by atomic mass is 16.5. The Morgan fingerprint density at radius 3 is 2.19 bits per heavy atom.